The Morgan fingerprint density at radius 2 is 1.95 bits per heavy atom. The Balaban J connectivity index is 2.40. The molecule has 2 aromatic rings. The van der Waals surface area contributed by atoms with E-state index in [-0.39, 0.29) is 5.95 Å². The minimum Gasteiger partial charge on any atom is -0.493 e. The molecule has 0 spiro atoms. The summed E-state index contributed by atoms with van der Waals surface area (Å²) in [6.45, 7) is 0. The summed E-state index contributed by atoms with van der Waals surface area (Å²) in [5.74, 6) is 1.99. The molecule has 0 aliphatic heterocycles. The summed E-state index contributed by atoms with van der Waals surface area (Å²) in [4.78, 5) is 8.95. The van der Waals surface area contributed by atoms with Gasteiger partial charge in [0.15, 0.2) is 11.5 Å². The van der Waals surface area contributed by atoms with Crippen molar-refractivity contribution in [3.8, 4) is 11.5 Å². The lowest BCUT2D eigenvalue weighted by molar-refractivity contribution is 0.347. The topological polar surface area (TPSA) is 96.3 Å². The SMILES string of the molecule is COc1cc(Cc2cnc(N)nc2N)cc(SC)c1OC. The predicted octanol–water partition coefficient (Wildman–Crippen LogP) is 1.97. The summed E-state index contributed by atoms with van der Waals surface area (Å²) in [6.07, 6.45) is 4.23. The number of ether oxygens (including phenoxy) is 2. The van der Waals surface area contributed by atoms with Crippen LogP contribution in [0.2, 0.25) is 0 Å². The number of nitrogen functional groups attached to an aromatic ring is 2. The Labute approximate surface area is 127 Å². The van der Waals surface area contributed by atoms with Gasteiger partial charge in [0.25, 0.3) is 0 Å². The minimum atomic E-state index is 0.174. The van der Waals surface area contributed by atoms with Crippen LogP contribution in [0.25, 0.3) is 0 Å². The van der Waals surface area contributed by atoms with Crippen molar-refractivity contribution in [1.82, 2.24) is 9.97 Å². The molecule has 0 atom stereocenters. The van der Waals surface area contributed by atoms with Crippen LogP contribution in [-0.2, 0) is 6.42 Å². The van der Waals surface area contributed by atoms with Crippen LogP contribution in [0.4, 0.5) is 11.8 Å². The summed E-state index contributed by atoms with van der Waals surface area (Å²) in [6, 6.07) is 3.97. The summed E-state index contributed by atoms with van der Waals surface area (Å²) >= 11 is 1.59. The van der Waals surface area contributed by atoms with Gasteiger partial charge in [0.1, 0.15) is 5.82 Å². The van der Waals surface area contributed by atoms with Crippen molar-refractivity contribution in [1.29, 1.82) is 0 Å². The number of nitrogens with zero attached hydrogens (tertiary/aromatic N) is 2. The van der Waals surface area contributed by atoms with Crippen LogP contribution >= 0.6 is 11.8 Å². The number of methoxy groups -OCH3 is 2. The molecular weight excluding hydrogens is 288 g/mol. The number of rotatable bonds is 5. The lowest BCUT2D eigenvalue weighted by Gasteiger charge is -2.14. The van der Waals surface area contributed by atoms with Crippen LogP contribution in [0.3, 0.4) is 0 Å². The Morgan fingerprint density at radius 3 is 2.52 bits per heavy atom. The first kappa shape index (κ1) is 15.2. The molecular formula is C14H18N4O2S. The molecule has 0 radical (unpaired) electrons. The van der Waals surface area contributed by atoms with Gasteiger partial charge in [0.05, 0.1) is 19.1 Å². The highest BCUT2D eigenvalue weighted by Gasteiger charge is 2.13. The van der Waals surface area contributed by atoms with E-state index in [2.05, 4.69) is 9.97 Å². The van der Waals surface area contributed by atoms with Gasteiger partial charge < -0.3 is 20.9 Å². The van der Waals surface area contributed by atoms with E-state index in [1.54, 1.807) is 32.2 Å². The molecule has 0 unspecified atom stereocenters. The second kappa shape index (κ2) is 6.53. The van der Waals surface area contributed by atoms with Gasteiger partial charge in [0, 0.05) is 18.2 Å². The van der Waals surface area contributed by atoms with Crippen LogP contribution in [0.5, 0.6) is 11.5 Å². The maximum atomic E-state index is 5.87. The first-order chi connectivity index (χ1) is 10.1. The molecule has 0 amide bonds. The molecule has 0 bridgehead atoms. The van der Waals surface area contributed by atoms with Crippen LogP contribution in [0.15, 0.2) is 23.2 Å². The van der Waals surface area contributed by atoms with Crippen molar-refractivity contribution in [3.63, 3.8) is 0 Å². The molecule has 21 heavy (non-hydrogen) atoms. The van der Waals surface area contributed by atoms with Gasteiger partial charge >= 0.3 is 0 Å². The van der Waals surface area contributed by atoms with Gasteiger partial charge in [-0.15, -0.1) is 11.8 Å². The van der Waals surface area contributed by atoms with E-state index >= 15 is 0 Å². The van der Waals surface area contributed by atoms with Crippen molar-refractivity contribution in [2.45, 2.75) is 11.3 Å². The van der Waals surface area contributed by atoms with Crippen molar-refractivity contribution >= 4 is 23.5 Å². The first-order valence-electron chi connectivity index (χ1n) is 6.24. The Bertz CT molecular complexity index is 624. The highest BCUT2D eigenvalue weighted by Crippen LogP contribution is 2.38. The highest BCUT2D eigenvalue weighted by molar-refractivity contribution is 7.98. The van der Waals surface area contributed by atoms with Crippen LogP contribution in [0.1, 0.15) is 11.1 Å². The quantitative estimate of drug-likeness (QED) is 0.815. The van der Waals surface area contributed by atoms with Gasteiger partial charge in [-0.3, -0.25) is 0 Å². The number of benzene rings is 1. The molecule has 1 heterocycles. The summed E-state index contributed by atoms with van der Waals surface area (Å²) in [5, 5.41) is 0. The fourth-order valence-electron chi connectivity index (χ4n) is 2.03. The highest BCUT2D eigenvalue weighted by atomic mass is 32.2. The smallest absolute Gasteiger partial charge is 0.221 e. The minimum absolute atomic E-state index is 0.174. The molecule has 4 N–H and O–H groups in total. The van der Waals surface area contributed by atoms with E-state index < -0.39 is 0 Å². The summed E-state index contributed by atoms with van der Waals surface area (Å²) in [7, 11) is 3.25. The van der Waals surface area contributed by atoms with Crippen molar-refractivity contribution in [2.75, 3.05) is 31.9 Å². The average Bonchev–Trinajstić information content (AvgIpc) is 2.49. The Hall–Kier alpha value is -2.15. The van der Waals surface area contributed by atoms with Gasteiger partial charge in [-0.25, -0.2) is 4.98 Å². The van der Waals surface area contributed by atoms with Crippen LogP contribution in [0, 0.1) is 0 Å². The molecule has 0 saturated carbocycles. The molecule has 0 aliphatic carbocycles. The van der Waals surface area contributed by atoms with Crippen LogP contribution in [-0.4, -0.2) is 30.4 Å². The van der Waals surface area contributed by atoms with E-state index in [0.717, 1.165) is 21.8 Å². The fourth-order valence-corrected chi connectivity index (χ4v) is 2.67. The number of anilines is 2. The van der Waals surface area contributed by atoms with E-state index in [1.165, 1.54) is 0 Å². The Kier molecular flexibility index (Phi) is 4.74. The largest absolute Gasteiger partial charge is 0.493 e. The van der Waals surface area contributed by atoms with E-state index in [9.17, 15) is 0 Å². The average molecular weight is 306 g/mol. The zero-order valence-electron chi connectivity index (χ0n) is 12.2. The molecule has 112 valence electrons. The zero-order valence-corrected chi connectivity index (χ0v) is 13.0. The van der Waals surface area contributed by atoms with E-state index in [1.807, 2.05) is 18.4 Å². The molecule has 0 saturated heterocycles. The lowest BCUT2D eigenvalue weighted by atomic mass is 10.1. The van der Waals surface area contributed by atoms with Crippen molar-refractivity contribution < 1.29 is 9.47 Å². The predicted molar refractivity (Wildman–Crippen MR) is 85.0 cm³/mol. The summed E-state index contributed by atoms with van der Waals surface area (Å²) < 4.78 is 10.8. The molecule has 7 heteroatoms. The number of hydrogen-bond donors (Lipinski definition) is 2. The number of hydrogen-bond acceptors (Lipinski definition) is 7. The molecule has 0 fully saturated rings. The second-order valence-corrected chi connectivity index (χ2v) is 5.20. The van der Waals surface area contributed by atoms with Gasteiger partial charge in [0.2, 0.25) is 5.95 Å². The van der Waals surface area contributed by atoms with Crippen molar-refractivity contribution in [2.24, 2.45) is 0 Å². The maximum absolute atomic E-state index is 5.87. The molecule has 0 aliphatic rings. The third-order valence-electron chi connectivity index (χ3n) is 3.04. The first-order valence-corrected chi connectivity index (χ1v) is 7.47. The van der Waals surface area contributed by atoms with Gasteiger partial charge in [-0.1, -0.05) is 0 Å². The number of aromatic nitrogens is 2. The number of nitrogens with two attached hydrogens (primary N) is 2. The van der Waals surface area contributed by atoms with E-state index in [0.29, 0.717) is 18.0 Å². The van der Waals surface area contributed by atoms with Gasteiger partial charge in [-0.05, 0) is 24.0 Å². The molecule has 1 aromatic heterocycles. The monoisotopic (exact) mass is 306 g/mol. The Morgan fingerprint density at radius 1 is 1.19 bits per heavy atom. The van der Waals surface area contributed by atoms with Crippen LogP contribution < -0.4 is 20.9 Å². The normalized spacial score (nSPS) is 10.4. The second-order valence-electron chi connectivity index (χ2n) is 4.35. The van der Waals surface area contributed by atoms with E-state index in [4.69, 9.17) is 20.9 Å². The molecule has 6 nitrogen and oxygen atoms in total. The summed E-state index contributed by atoms with van der Waals surface area (Å²) in [5.41, 5.74) is 13.2. The third kappa shape index (κ3) is 3.30. The standard InChI is InChI=1S/C14H18N4O2S/c1-19-10-5-8(6-11(21-3)12(10)20-2)4-9-7-17-14(16)18-13(9)15/h5-7H,4H2,1-3H3,(H4,15,16,17,18). The van der Waals surface area contributed by atoms with Gasteiger partial charge in [-0.2, -0.15) is 4.98 Å². The maximum Gasteiger partial charge on any atom is 0.221 e. The lowest BCUT2D eigenvalue weighted by Crippen LogP contribution is -2.04. The number of thioether (sulfide) groups is 1. The fraction of sp³-hybridized carbons (Fsp3) is 0.286. The van der Waals surface area contributed by atoms with Crippen molar-refractivity contribution in [3.05, 3.63) is 29.5 Å². The third-order valence-corrected chi connectivity index (χ3v) is 3.78. The zero-order chi connectivity index (χ0) is 15.4. The molecule has 2 rings (SSSR count). The molecule has 1 aromatic carbocycles.